The molecule has 0 saturated carbocycles. The fraction of sp³-hybridized carbons (Fsp3) is 0.318. The minimum absolute atomic E-state index is 0. The van der Waals surface area contributed by atoms with E-state index in [0.717, 1.165) is 11.1 Å². The second-order valence-corrected chi connectivity index (χ2v) is 8.07. The monoisotopic (exact) mass is 412 g/mol. The fourth-order valence-electron chi connectivity index (χ4n) is 3.76. The van der Waals surface area contributed by atoms with Gasteiger partial charge in [0.2, 0.25) is 5.95 Å². The molecule has 0 fully saturated rings. The van der Waals surface area contributed by atoms with Gasteiger partial charge in [-0.2, -0.15) is 0 Å². The minimum atomic E-state index is -0.662. The van der Waals surface area contributed by atoms with Crippen molar-refractivity contribution < 1.29 is 5.11 Å². The summed E-state index contributed by atoms with van der Waals surface area (Å²) in [6.07, 6.45) is 2.72. The van der Waals surface area contributed by atoms with Crippen molar-refractivity contribution in [2.24, 2.45) is 5.41 Å². The third-order valence-electron chi connectivity index (χ3n) is 5.03. The SMILES string of the molecule is CC1(C)CN(C[C@@H](O)c2ccccc2)c2nc(-c3ccncc3)cc(=O)n2C1.Cl. The molecule has 152 valence electrons. The molecule has 0 radical (unpaired) electrons. The Bertz CT molecular complexity index is 1020. The number of halogens is 1. The van der Waals surface area contributed by atoms with Crippen LogP contribution < -0.4 is 10.5 Å². The van der Waals surface area contributed by atoms with Crippen LogP contribution in [0.2, 0.25) is 0 Å². The number of β-amino-alcohol motifs (C(OH)–C–C–N with tert-alkyl or cyclic N) is 1. The van der Waals surface area contributed by atoms with E-state index in [9.17, 15) is 9.90 Å². The Hall–Kier alpha value is -2.70. The fourth-order valence-corrected chi connectivity index (χ4v) is 3.76. The highest BCUT2D eigenvalue weighted by molar-refractivity contribution is 5.85. The molecular formula is C22H25ClN4O2. The molecule has 3 heterocycles. The zero-order chi connectivity index (χ0) is 19.7. The largest absolute Gasteiger partial charge is 0.387 e. The Morgan fingerprint density at radius 3 is 2.48 bits per heavy atom. The molecule has 0 unspecified atom stereocenters. The smallest absolute Gasteiger partial charge is 0.255 e. The second kappa shape index (κ2) is 8.35. The molecule has 2 aromatic heterocycles. The summed E-state index contributed by atoms with van der Waals surface area (Å²) < 4.78 is 1.71. The van der Waals surface area contributed by atoms with E-state index < -0.39 is 6.10 Å². The molecule has 1 N–H and O–H groups in total. The lowest BCUT2D eigenvalue weighted by molar-refractivity contribution is 0.171. The topological polar surface area (TPSA) is 71.2 Å². The third-order valence-corrected chi connectivity index (χ3v) is 5.03. The quantitative estimate of drug-likeness (QED) is 0.711. The summed E-state index contributed by atoms with van der Waals surface area (Å²) in [5.41, 5.74) is 2.14. The first-order valence-corrected chi connectivity index (χ1v) is 9.43. The van der Waals surface area contributed by atoms with Crippen molar-refractivity contribution in [3.63, 3.8) is 0 Å². The van der Waals surface area contributed by atoms with Crippen molar-refractivity contribution >= 4 is 18.4 Å². The number of benzene rings is 1. The van der Waals surface area contributed by atoms with Crippen molar-refractivity contribution in [3.8, 4) is 11.3 Å². The first-order chi connectivity index (χ1) is 13.4. The van der Waals surface area contributed by atoms with Gasteiger partial charge in [0.05, 0.1) is 18.3 Å². The van der Waals surface area contributed by atoms with E-state index in [1.54, 1.807) is 23.0 Å². The number of aliphatic hydroxyl groups is 1. The van der Waals surface area contributed by atoms with Crippen LogP contribution in [0.25, 0.3) is 11.3 Å². The Balaban J connectivity index is 0.00000240. The number of nitrogens with zero attached hydrogens (tertiary/aromatic N) is 4. The van der Waals surface area contributed by atoms with Crippen LogP contribution in [0.1, 0.15) is 25.5 Å². The van der Waals surface area contributed by atoms with Gasteiger partial charge in [-0.15, -0.1) is 12.4 Å². The van der Waals surface area contributed by atoms with Crippen LogP contribution in [-0.4, -0.2) is 32.7 Å². The summed E-state index contributed by atoms with van der Waals surface area (Å²) in [7, 11) is 0. The molecule has 1 aromatic carbocycles. The maximum Gasteiger partial charge on any atom is 0.255 e. The second-order valence-electron chi connectivity index (χ2n) is 8.07. The minimum Gasteiger partial charge on any atom is -0.387 e. The number of pyridine rings is 1. The number of fused-ring (bicyclic) bond motifs is 1. The van der Waals surface area contributed by atoms with Gasteiger partial charge in [0.1, 0.15) is 0 Å². The number of hydrogen-bond acceptors (Lipinski definition) is 5. The molecule has 1 atom stereocenters. The summed E-state index contributed by atoms with van der Waals surface area (Å²) in [6, 6.07) is 14.8. The van der Waals surface area contributed by atoms with Gasteiger partial charge >= 0.3 is 0 Å². The van der Waals surface area contributed by atoms with Gasteiger partial charge in [0.25, 0.3) is 5.56 Å². The summed E-state index contributed by atoms with van der Waals surface area (Å²) >= 11 is 0. The van der Waals surface area contributed by atoms with Crippen molar-refractivity contribution in [2.45, 2.75) is 26.5 Å². The number of aliphatic hydroxyl groups excluding tert-OH is 1. The lowest BCUT2D eigenvalue weighted by atomic mass is 9.90. The first kappa shape index (κ1) is 21.0. The van der Waals surface area contributed by atoms with Gasteiger partial charge in [-0.1, -0.05) is 44.2 Å². The van der Waals surface area contributed by atoms with E-state index >= 15 is 0 Å². The molecule has 0 amide bonds. The first-order valence-electron chi connectivity index (χ1n) is 9.43. The lowest BCUT2D eigenvalue weighted by Crippen LogP contribution is -2.48. The van der Waals surface area contributed by atoms with Crippen LogP contribution in [0.4, 0.5) is 5.95 Å². The van der Waals surface area contributed by atoms with Crippen molar-refractivity contribution in [3.05, 3.63) is 76.8 Å². The van der Waals surface area contributed by atoms with Gasteiger partial charge in [0, 0.05) is 42.5 Å². The standard InChI is InChI=1S/C22H24N4O2.ClH/c1-22(2)14-25(13-19(27)17-6-4-3-5-7-17)21-24-18(12-20(28)26(21)15-22)16-8-10-23-11-9-16;/h3-12,19,27H,13-15H2,1-2H3;1H/t19-;/m1./s1. The van der Waals surface area contributed by atoms with Crippen LogP contribution in [0, 0.1) is 5.41 Å². The predicted molar refractivity (Wildman–Crippen MR) is 116 cm³/mol. The lowest BCUT2D eigenvalue weighted by Gasteiger charge is -2.41. The molecule has 0 bridgehead atoms. The molecule has 6 nitrogen and oxygen atoms in total. The van der Waals surface area contributed by atoms with Crippen molar-refractivity contribution in [1.29, 1.82) is 0 Å². The Morgan fingerprint density at radius 1 is 1.10 bits per heavy atom. The number of hydrogen-bond donors (Lipinski definition) is 1. The summed E-state index contributed by atoms with van der Waals surface area (Å²) in [5, 5.41) is 10.8. The molecular weight excluding hydrogens is 388 g/mol. The highest BCUT2D eigenvalue weighted by atomic mass is 35.5. The van der Waals surface area contributed by atoms with Gasteiger partial charge in [-0.3, -0.25) is 14.3 Å². The molecule has 0 saturated heterocycles. The van der Waals surface area contributed by atoms with Gasteiger partial charge in [-0.25, -0.2) is 4.98 Å². The Morgan fingerprint density at radius 2 is 1.79 bits per heavy atom. The maximum absolute atomic E-state index is 12.9. The zero-order valence-electron chi connectivity index (χ0n) is 16.5. The van der Waals surface area contributed by atoms with E-state index in [1.165, 1.54) is 0 Å². The van der Waals surface area contributed by atoms with Crippen molar-refractivity contribution in [1.82, 2.24) is 14.5 Å². The van der Waals surface area contributed by atoms with E-state index in [4.69, 9.17) is 4.98 Å². The molecule has 3 aromatic rings. The highest BCUT2D eigenvalue weighted by Crippen LogP contribution is 2.31. The summed E-state index contributed by atoms with van der Waals surface area (Å²) in [6.45, 7) is 5.94. The average Bonchev–Trinajstić information content (AvgIpc) is 2.69. The van der Waals surface area contributed by atoms with Gasteiger partial charge in [0.15, 0.2) is 0 Å². The Labute approximate surface area is 176 Å². The van der Waals surface area contributed by atoms with Crippen LogP contribution in [-0.2, 0) is 6.54 Å². The van der Waals surface area contributed by atoms with Crippen molar-refractivity contribution in [2.75, 3.05) is 18.0 Å². The normalized spacial score (nSPS) is 15.9. The number of aromatic nitrogens is 3. The molecule has 0 aliphatic carbocycles. The summed E-state index contributed by atoms with van der Waals surface area (Å²) in [4.78, 5) is 23.7. The molecule has 7 heteroatoms. The van der Waals surface area contributed by atoms with E-state index in [-0.39, 0.29) is 23.4 Å². The van der Waals surface area contributed by atoms with Gasteiger partial charge in [-0.05, 0) is 17.7 Å². The molecule has 4 rings (SSSR count). The Kier molecular flexibility index (Phi) is 6.05. The van der Waals surface area contributed by atoms with Crippen LogP contribution in [0.5, 0.6) is 0 Å². The zero-order valence-corrected chi connectivity index (χ0v) is 17.3. The van der Waals surface area contributed by atoms with Crippen LogP contribution >= 0.6 is 12.4 Å². The number of anilines is 1. The van der Waals surface area contributed by atoms with E-state index in [1.807, 2.05) is 47.4 Å². The summed E-state index contributed by atoms with van der Waals surface area (Å²) in [5.74, 6) is 0.605. The predicted octanol–water partition coefficient (Wildman–Crippen LogP) is 3.31. The van der Waals surface area contributed by atoms with Gasteiger partial charge < -0.3 is 10.0 Å². The molecule has 1 aliphatic heterocycles. The number of rotatable bonds is 4. The van der Waals surface area contributed by atoms with Crippen LogP contribution in [0.3, 0.4) is 0 Å². The maximum atomic E-state index is 12.9. The molecule has 0 spiro atoms. The molecule has 1 aliphatic rings. The molecule has 29 heavy (non-hydrogen) atoms. The average molecular weight is 413 g/mol. The van der Waals surface area contributed by atoms with E-state index in [2.05, 4.69) is 18.8 Å². The third kappa shape index (κ3) is 4.49. The van der Waals surface area contributed by atoms with Crippen LogP contribution in [0.15, 0.2) is 65.7 Å². The highest BCUT2D eigenvalue weighted by Gasteiger charge is 2.33. The van der Waals surface area contributed by atoms with E-state index in [0.29, 0.717) is 31.3 Å².